The number of nitrogens with one attached hydrogen (secondary N) is 3. The van der Waals surface area contributed by atoms with Crippen LogP contribution in [0.2, 0.25) is 0 Å². The van der Waals surface area contributed by atoms with Gasteiger partial charge in [-0.25, -0.2) is 4.79 Å². The molecule has 2 rings (SSSR count). The Morgan fingerprint density at radius 3 is 2.70 bits per heavy atom. The second-order valence-corrected chi connectivity index (χ2v) is 4.26. The molecule has 1 unspecified atom stereocenters. The maximum Gasteiger partial charge on any atom is 0.337 e. The number of aromatic carboxylic acids is 1. The summed E-state index contributed by atoms with van der Waals surface area (Å²) in [5, 5.41) is 26.0. The van der Waals surface area contributed by atoms with Crippen molar-refractivity contribution in [3.05, 3.63) is 23.8 Å². The van der Waals surface area contributed by atoms with Crippen LogP contribution in [0.4, 0.5) is 5.69 Å². The maximum absolute atomic E-state index is 12.0. The van der Waals surface area contributed by atoms with Gasteiger partial charge < -0.3 is 20.8 Å². The number of hydrogen-bond donors (Lipinski definition) is 5. The summed E-state index contributed by atoms with van der Waals surface area (Å²) < 4.78 is 0. The standard InChI is InChI=1S/C12H13N3O5/c16-6-1-2-8(7(3-6)12(19)20)15-11(18)9-4-14-10(17)5-13-9/h1-3,9,13,16H,4-5H2,(H,14,17)(H,15,18)(H,19,20). The van der Waals surface area contributed by atoms with E-state index in [-0.39, 0.29) is 36.0 Å². The number of amides is 2. The molecular formula is C12H13N3O5. The Labute approximate surface area is 113 Å². The lowest BCUT2D eigenvalue weighted by atomic mass is 10.1. The number of carboxylic acids is 1. The summed E-state index contributed by atoms with van der Waals surface area (Å²) in [6.07, 6.45) is 0. The summed E-state index contributed by atoms with van der Waals surface area (Å²) >= 11 is 0. The van der Waals surface area contributed by atoms with Crippen molar-refractivity contribution in [2.75, 3.05) is 18.4 Å². The third-order valence-electron chi connectivity index (χ3n) is 2.82. The zero-order chi connectivity index (χ0) is 14.7. The number of benzene rings is 1. The zero-order valence-corrected chi connectivity index (χ0v) is 10.3. The average Bonchev–Trinajstić information content (AvgIpc) is 2.41. The molecule has 0 spiro atoms. The maximum atomic E-state index is 12.0. The SMILES string of the molecule is O=C1CNC(C(=O)Nc2ccc(O)cc2C(=O)O)CN1. The highest BCUT2D eigenvalue weighted by atomic mass is 16.4. The molecule has 1 aliphatic rings. The molecule has 0 radical (unpaired) electrons. The lowest BCUT2D eigenvalue weighted by Crippen LogP contribution is -2.56. The fourth-order valence-corrected chi connectivity index (χ4v) is 1.79. The quantitative estimate of drug-likeness (QED) is 0.457. The summed E-state index contributed by atoms with van der Waals surface area (Å²) in [6.45, 7) is 0.157. The van der Waals surface area contributed by atoms with Crippen LogP contribution in [-0.4, -0.2) is 47.1 Å². The highest BCUT2D eigenvalue weighted by molar-refractivity contribution is 6.03. The van der Waals surface area contributed by atoms with Gasteiger partial charge in [0.2, 0.25) is 11.8 Å². The normalized spacial score (nSPS) is 18.2. The van der Waals surface area contributed by atoms with Gasteiger partial charge in [0.25, 0.3) is 0 Å². The van der Waals surface area contributed by atoms with Crippen LogP contribution in [0, 0.1) is 0 Å². The van der Waals surface area contributed by atoms with Crippen molar-refractivity contribution in [2.45, 2.75) is 6.04 Å². The molecule has 0 aromatic heterocycles. The van der Waals surface area contributed by atoms with E-state index in [9.17, 15) is 19.5 Å². The lowest BCUT2D eigenvalue weighted by molar-refractivity contribution is -0.124. The van der Waals surface area contributed by atoms with Crippen molar-refractivity contribution in [3.63, 3.8) is 0 Å². The van der Waals surface area contributed by atoms with E-state index in [0.717, 1.165) is 6.07 Å². The van der Waals surface area contributed by atoms with E-state index in [1.165, 1.54) is 12.1 Å². The van der Waals surface area contributed by atoms with Gasteiger partial charge in [-0.15, -0.1) is 0 Å². The first-order chi connectivity index (χ1) is 9.47. The summed E-state index contributed by atoms with van der Waals surface area (Å²) in [5.74, 6) is -2.13. The third kappa shape index (κ3) is 3.04. The number of carbonyl (C=O) groups is 3. The van der Waals surface area contributed by atoms with E-state index in [2.05, 4.69) is 16.0 Å². The molecule has 8 nitrogen and oxygen atoms in total. The monoisotopic (exact) mass is 279 g/mol. The molecule has 8 heteroatoms. The molecule has 1 aromatic rings. The molecule has 1 atom stereocenters. The summed E-state index contributed by atoms with van der Waals surface area (Å²) in [5.41, 5.74) is -0.128. The van der Waals surface area contributed by atoms with E-state index in [1.54, 1.807) is 0 Å². The molecule has 2 amide bonds. The van der Waals surface area contributed by atoms with Crippen LogP contribution in [0.25, 0.3) is 0 Å². The van der Waals surface area contributed by atoms with Crippen LogP contribution in [-0.2, 0) is 9.59 Å². The lowest BCUT2D eigenvalue weighted by Gasteiger charge is -2.23. The molecule has 0 saturated carbocycles. The van der Waals surface area contributed by atoms with Gasteiger partial charge in [-0.05, 0) is 18.2 Å². The van der Waals surface area contributed by atoms with Crippen molar-refractivity contribution in [3.8, 4) is 5.75 Å². The van der Waals surface area contributed by atoms with Crippen LogP contribution in [0.5, 0.6) is 5.75 Å². The van der Waals surface area contributed by atoms with Crippen molar-refractivity contribution in [1.29, 1.82) is 0 Å². The summed E-state index contributed by atoms with van der Waals surface area (Å²) in [6, 6.07) is 2.99. The Bertz CT molecular complexity index is 562. The number of carboxylic acid groups (broad SMARTS) is 1. The van der Waals surface area contributed by atoms with E-state index in [4.69, 9.17) is 5.11 Å². The highest BCUT2D eigenvalue weighted by Crippen LogP contribution is 2.21. The predicted molar refractivity (Wildman–Crippen MR) is 68.5 cm³/mol. The largest absolute Gasteiger partial charge is 0.508 e. The molecular weight excluding hydrogens is 266 g/mol. The minimum atomic E-state index is -1.26. The van der Waals surface area contributed by atoms with Gasteiger partial charge in [0.15, 0.2) is 0 Å². The number of phenolic OH excluding ortho intramolecular Hbond substituents is 1. The van der Waals surface area contributed by atoms with E-state index >= 15 is 0 Å². The van der Waals surface area contributed by atoms with Crippen LogP contribution >= 0.6 is 0 Å². The number of piperazine rings is 1. The molecule has 1 fully saturated rings. The number of carbonyl (C=O) groups excluding carboxylic acids is 2. The third-order valence-corrected chi connectivity index (χ3v) is 2.82. The number of anilines is 1. The van der Waals surface area contributed by atoms with Crippen molar-refractivity contribution in [2.24, 2.45) is 0 Å². The van der Waals surface area contributed by atoms with E-state index < -0.39 is 17.9 Å². The van der Waals surface area contributed by atoms with Crippen LogP contribution in [0.15, 0.2) is 18.2 Å². The Balaban J connectivity index is 2.11. The Kier molecular flexibility index (Phi) is 3.85. The minimum Gasteiger partial charge on any atom is -0.508 e. The Morgan fingerprint density at radius 1 is 1.35 bits per heavy atom. The summed E-state index contributed by atoms with van der Waals surface area (Å²) in [4.78, 5) is 34.0. The topological polar surface area (TPSA) is 128 Å². The van der Waals surface area contributed by atoms with Gasteiger partial charge in [-0.3, -0.25) is 14.9 Å². The van der Waals surface area contributed by atoms with Gasteiger partial charge >= 0.3 is 5.97 Å². The zero-order valence-electron chi connectivity index (χ0n) is 10.3. The first kappa shape index (κ1) is 13.8. The predicted octanol–water partition coefficient (Wildman–Crippen LogP) is -0.883. The van der Waals surface area contributed by atoms with Crippen LogP contribution < -0.4 is 16.0 Å². The van der Waals surface area contributed by atoms with Gasteiger partial charge in [-0.2, -0.15) is 0 Å². The number of phenols is 1. The smallest absolute Gasteiger partial charge is 0.337 e. The average molecular weight is 279 g/mol. The van der Waals surface area contributed by atoms with Gasteiger partial charge in [-0.1, -0.05) is 0 Å². The number of aromatic hydroxyl groups is 1. The van der Waals surface area contributed by atoms with Gasteiger partial charge in [0, 0.05) is 6.54 Å². The van der Waals surface area contributed by atoms with Crippen molar-refractivity contribution >= 4 is 23.5 Å². The van der Waals surface area contributed by atoms with E-state index in [1.807, 2.05) is 0 Å². The number of rotatable bonds is 3. The van der Waals surface area contributed by atoms with Gasteiger partial charge in [0.05, 0.1) is 17.8 Å². The summed E-state index contributed by atoms with van der Waals surface area (Å²) in [7, 11) is 0. The molecule has 0 bridgehead atoms. The highest BCUT2D eigenvalue weighted by Gasteiger charge is 2.24. The van der Waals surface area contributed by atoms with Crippen molar-refractivity contribution < 1.29 is 24.6 Å². The first-order valence-corrected chi connectivity index (χ1v) is 5.84. The number of hydrogen-bond acceptors (Lipinski definition) is 5. The molecule has 20 heavy (non-hydrogen) atoms. The van der Waals surface area contributed by atoms with Crippen molar-refractivity contribution in [1.82, 2.24) is 10.6 Å². The molecule has 1 heterocycles. The molecule has 0 aliphatic carbocycles. The van der Waals surface area contributed by atoms with Crippen LogP contribution in [0.1, 0.15) is 10.4 Å². The molecule has 1 saturated heterocycles. The van der Waals surface area contributed by atoms with Gasteiger partial charge in [0.1, 0.15) is 11.8 Å². The second-order valence-electron chi connectivity index (χ2n) is 4.26. The second kappa shape index (κ2) is 5.57. The fraction of sp³-hybridized carbons (Fsp3) is 0.250. The fourth-order valence-electron chi connectivity index (χ4n) is 1.79. The molecule has 1 aromatic carbocycles. The minimum absolute atomic E-state index is 0.0272. The Hall–Kier alpha value is -2.61. The van der Waals surface area contributed by atoms with Crippen LogP contribution in [0.3, 0.4) is 0 Å². The molecule has 106 valence electrons. The molecule has 1 aliphatic heterocycles. The first-order valence-electron chi connectivity index (χ1n) is 5.84. The Morgan fingerprint density at radius 2 is 2.10 bits per heavy atom. The van der Waals surface area contributed by atoms with E-state index in [0.29, 0.717) is 0 Å². The molecule has 5 N–H and O–H groups in total.